The van der Waals surface area contributed by atoms with Crippen molar-refractivity contribution >= 4 is 35.1 Å². The van der Waals surface area contributed by atoms with Gasteiger partial charge in [-0.05, 0) is 47.2 Å². The zero-order valence-electron chi connectivity index (χ0n) is 15.3. The minimum absolute atomic E-state index is 0.230. The summed E-state index contributed by atoms with van der Waals surface area (Å²) < 4.78 is 7.33. The van der Waals surface area contributed by atoms with Crippen molar-refractivity contribution in [1.82, 2.24) is 20.2 Å². The van der Waals surface area contributed by atoms with E-state index in [4.69, 9.17) is 33.7 Å². The number of nitrogens with zero attached hydrogens (tertiary/aromatic N) is 4. The van der Waals surface area contributed by atoms with Crippen molar-refractivity contribution in [3.05, 3.63) is 74.9 Å². The summed E-state index contributed by atoms with van der Waals surface area (Å²) in [5.41, 5.74) is 8.12. The Morgan fingerprint density at radius 2 is 1.90 bits per heavy atom. The molecule has 0 aliphatic carbocycles. The van der Waals surface area contributed by atoms with Crippen LogP contribution in [0.5, 0.6) is 5.75 Å². The summed E-state index contributed by atoms with van der Waals surface area (Å²) in [6.45, 7) is 1.99. The number of hydrogen-bond donors (Lipinski definition) is 2. The van der Waals surface area contributed by atoms with E-state index in [1.165, 1.54) is 4.68 Å². The molecule has 2 heterocycles. The molecule has 1 aliphatic rings. The van der Waals surface area contributed by atoms with Crippen LogP contribution < -0.4 is 15.8 Å². The van der Waals surface area contributed by atoms with Crippen LogP contribution in [-0.2, 0) is 11.4 Å². The van der Waals surface area contributed by atoms with E-state index in [2.05, 4.69) is 20.8 Å². The Morgan fingerprint density at radius 3 is 2.55 bits per heavy atom. The number of hydrogen-bond acceptors (Lipinski definition) is 6. The molecule has 0 saturated carbocycles. The topological polar surface area (TPSA) is 108 Å². The number of primary amides is 1. The number of benzene rings is 2. The van der Waals surface area contributed by atoms with E-state index in [9.17, 15) is 4.79 Å². The van der Waals surface area contributed by atoms with Crippen LogP contribution in [0.1, 0.15) is 24.1 Å². The fourth-order valence-electron chi connectivity index (χ4n) is 3.21. The number of ether oxygens (including phenoxy) is 1. The van der Waals surface area contributed by atoms with Crippen molar-refractivity contribution in [2.45, 2.75) is 19.6 Å². The molecule has 1 aliphatic heterocycles. The van der Waals surface area contributed by atoms with Gasteiger partial charge in [0.1, 0.15) is 18.4 Å². The molecular formula is C19H16Cl2N6O2. The molecule has 0 unspecified atom stereocenters. The number of allylic oxidation sites excluding steroid dienone is 1. The first-order chi connectivity index (χ1) is 14.0. The maximum atomic E-state index is 12.1. The van der Waals surface area contributed by atoms with Gasteiger partial charge in [-0.25, -0.2) is 0 Å². The van der Waals surface area contributed by atoms with Crippen LogP contribution in [-0.4, -0.2) is 26.1 Å². The van der Waals surface area contributed by atoms with Crippen LogP contribution >= 0.6 is 23.2 Å². The van der Waals surface area contributed by atoms with Crippen LogP contribution in [0, 0.1) is 0 Å². The largest absolute Gasteiger partial charge is 0.489 e. The molecule has 0 radical (unpaired) electrons. The minimum atomic E-state index is -0.546. The Kier molecular flexibility index (Phi) is 5.12. The number of nitrogens with one attached hydrogen (secondary N) is 1. The third-order valence-electron chi connectivity index (χ3n) is 4.62. The van der Waals surface area contributed by atoms with Gasteiger partial charge in [-0.2, -0.15) is 4.68 Å². The van der Waals surface area contributed by atoms with Crippen molar-refractivity contribution < 1.29 is 9.53 Å². The maximum absolute atomic E-state index is 12.1. The van der Waals surface area contributed by atoms with Gasteiger partial charge in [0.25, 0.3) is 0 Å². The van der Waals surface area contributed by atoms with Crippen LogP contribution in [0.25, 0.3) is 0 Å². The second-order valence-corrected chi connectivity index (χ2v) is 7.25. The third-order valence-corrected chi connectivity index (χ3v) is 5.33. The van der Waals surface area contributed by atoms with Gasteiger partial charge in [-0.3, -0.25) is 4.79 Å². The molecule has 0 saturated heterocycles. The van der Waals surface area contributed by atoms with Gasteiger partial charge in [-0.1, -0.05) is 46.5 Å². The van der Waals surface area contributed by atoms with Crippen molar-refractivity contribution in [2.24, 2.45) is 5.73 Å². The van der Waals surface area contributed by atoms with Gasteiger partial charge in [0.2, 0.25) is 11.9 Å². The highest BCUT2D eigenvalue weighted by atomic mass is 35.5. The quantitative estimate of drug-likeness (QED) is 0.642. The normalized spacial score (nSPS) is 15.6. The number of amides is 1. The van der Waals surface area contributed by atoms with Gasteiger partial charge in [0.05, 0.1) is 5.57 Å². The molecule has 3 aromatic rings. The molecule has 1 atom stereocenters. The van der Waals surface area contributed by atoms with E-state index in [1.807, 2.05) is 12.1 Å². The summed E-state index contributed by atoms with van der Waals surface area (Å²) in [5.74, 6) is 0.512. The monoisotopic (exact) mass is 430 g/mol. The molecule has 2 aromatic carbocycles. The number of aromatic nitrogens is 4. The van der Waals surface area contributed by atoms with E-state index >= 15 is 0 Å². The summed E-state index contributed by atoms with van der Waals surface area (Å²) >= 11 is 12.4. The highest BCUT2D eigenvalue weighted by molar-refractivity contribution is 6.35. The van der Waals surface area contributed by atoms with Crippen molar-refractivity contribution in [1.29, 1.82) is 0 Å². The molecule has 3 N–H and O–H groups in total. The smallest absolute Gasteiger partial charge is 0.248 e. The number of halogens is 2. The number of tetrazole rings is 1. The summed E-state index contributed by atoms with van der Waals surface area (Å²) in [4.78, 5) is 12.1. The van der Waals surface area contributed by atoms with Crippen molar-refractivity contribution in [3.63, 3.8) is 0 Å². The first kappa shape index (κ1) is 19.2. The lowest BCUT2D eigenvalue weighted by molar-refractivity contribution is -0.115. The molecule has 10 heteroatoms. The van der Waals surface area contributed by atoms with Crippen LogP contribution in [0.2, 0.25) is 10.0 Å². The maximum Gasteiger partial charge on any atom is 0.248 e. The van der Waals surface area contributed by atoms with E-state index < -0.39 is 11.9 Å². The number of nitrogens with two attached hydrogens (primary N) is 1. The zero-order valence-corrected chi connectivity index (χ0v) is 16.8. The summed E-state index contributed by atoms with van der Waals surface area (Å²) in [7, 11) is 0. The Bertz CT molecular complexity index is 1090. The Hall–Kier alpha value is -3.10. The molecule has 4 rings (SSSR count). The molecule has 8 nitrogen and oxygen atoms in total. The molecule has 0 fully saturated rings. The van der Waals surface area contributed by atoms with Gasteiger partial charge in [0.15, 0.2) is 0 Å². The number of fused-ring (bicyclic) bond motifs is 1. The Labute approximate surface area is 176 Å². The second-order valence-electron chi connectivity index (χ2n) is 6.44. The Morgan fingerprint density at radius 1 is 1.21 bits per heavy atom. The fraction of sp³-hybridized carbons (Fsp3) is 0.158. The first-order valence-electron chi connectivity index (χ1n) is 8.67. The average molecular weight is 431 g/mol. The molecule has 148 valence electrons. The van der Waals surface area contributed by atoms with Gasteiger partial charge < -0.3 is 15.8 Å². The standard InChI is InChI=1S/C19H16Cl2N6O2/c1-10-16(18(22)28)17(27-19(23-10)24-25-26-27)11-5-7-12(8-6-11)29-9-13-14(20)3-2-4-15(13)21/h2-8,17H,9H2,1H3,(H2,22,28)(H,23,24,26)/t17-/m1/s1. The molecule has 0 bridgehead atoms. The summed E-state index contributed by atoms with van der Waals surface area (Å²) in [6.07, 6.45) is 0. The minimum Gasteiger partial charge on any atom is -0.489 e. The first-order valence-corrected chi connectivity index (χ1v) is 9.42. The average Bonchev–Trinajstić information content (AvgIpc) is 3.15. The van der Waals surface area contributed by atoms with E-state index in [0.717, 1.165) is 5.56 Å². The highest BCUT2D eigenvalue weighted by Crippen LogP contribution is 2.34. The van der Waals surface area contributed by atoms with Gasteiger partial charge in [0, 0.05) is 21.3 Å². The number of anilines is 1. The predicted molar refractivity (Wildman–Crippen MR) is 109 cm³/mol. The predicted octanol–water partition coefficient (Wildman–Crippen LogP) is 3.33. The Balaban J connectivity index is 1.60. The van der Waals surface area contributed by atoms with Gasteiger partial charge in [-0.15, -0.1) is 0 Å². The molecule has 29 heavy (non-hydrogen) atoms. The third kappa shape index (κ3) is 3.64. The van der Waals surface area contributed by atoms with Crippen LogP contribution in [0.15, 0.2) is 53.7 Å². The number of rotatable bonds is 5. The molecule has 0 spiro atoms. The zero-order chi connectivity index (χ0) is 20.5. The van der Waals surface area contributed by atoms with Gasteiger partial charge >= 0.3 is 0 Å². The second kappa shape index (κ2) is 7.73. The highest BCUT2D eigenvalue weighted by Gasteiger charge is 2.32. The number of carbonyl (C=O) groups is 1. The van der Waals surface area contributed by atoms with E-state index in [-0.39, 0.29) is 6.61 Å². The number of carbonyl (C=O) groups excluding carboxylic acids is 1. The van der Waals surface area contributed by atoms with Crippen molar-refractivity contribution in [2.75, 3.05) is 5.32 Å². The molecule has 1 aromatic heterocycles. The van der Waals surface area contributed by atoms with E-state index in [0.29, 0.717) is 38.6 Å². The van der Waals surface area contributed by atoms with Crippen LogP contribution in [0.4, 0.5) is 5.95 Å². The van der Waals surface area contributed by atoms with Crippen LogP contribution in [0.3, 0.4) is 0 Å². The molecular weight excluding hydrogens is 415 g/mol. The fourth-order valence-corrected chi connectivity index (χ4v) is 3.72. The molecule has 1 amide bonds. The lowest BCUT2D eigenvalue weighted by atomic mass is 9.95. The van der Waals surface area contributed by atoms with E-state index in [1.54, 1.807) is 37.3 Å². The SMILES string of the molecule is CC1=C(C(N)=O)[C@@H](c2ccc(OCc3c(Cl)cccc3Cl)cc2)n2nnnc2N1. The summed E-state index contributed by atoms with van der Waals surface area (Å²) in [5, 5.41) is 15.7. The van der Waals surface area contributed by atoms with Crippen molar-refractivity contribution in [3.8, 4) is 5.75 Å². The lowest BCUT2D eigenvalue weighted by Crippen LogP contribution is -2.31. The summed E-state index contributed by atoms with van der Waals surface area (Å²) in [6, 6.07) is 12.0. The lowest BCUT2D eigenvalue weighted by Gasteiger charge is -2.26.